The molecule has 16 heavy (non-hydrogen) atoms. The van der Waals surface area contributed by atoms with Crippen LogP contribution in [0.15, 0.2) is 17.1 Å². The van der Waals surface area contributed by atoms with Gasteiger partial charge in [-0.05, 0) is 12.1 Å². The Morgan fingerprint density at radius 2 is 2.19 bits per heavy atom. The average Bonchev–Trinajstić information content (AvgIpc) is 2.53. The molecule has 0 atom stereocenters. The van der Waals surface area contributed by atoms with Crippen molar-refractivity contribution in [3.8, 4) is 11.5 Å². The van der Waals surface area contributed by atoms with Gasteiger partial charge < -0.3 is 9.47 Å². The maximum atomic E-state index is 10.1. The zero-order valence-corrected chi connectivity index (χ0v) is 9.29. The number of halogens is 1. The number of ether oxygens (including phenoxy) is 2. The Morgan fingerprint density at radius 3 is 3.00 bits per heavy atom. The summed E-state index contributed by atoms with van der Waals surface area (Å²) in [6, 6.07) is 3.47. The molecule has 0 unspecified atom stereocenters. The molecule has 0 amide bonds. The smallest absolute Gasteiger partial charge is 0.235 e. The van der Waals surface area contributed by atoms with Gasteiger partial charge in [-0.2, -0.15) is 0 Å². The van der Waals surface area contributed by atoms with Crippen molar-refractivity contribution < 1.29 is 14.3 Å². The van der Waals surface area contributed by atoms with Crippen molar-refractivity contribution in [1.29, 1.82) is 0 Å². The van der Waals surface area contributed by atoms with Gasteiger partial charge in [-0.15, -0.1) is 0 Å². The van der Waals surface area contributed by atoms with Crippen molar-refractivity contribution in [3.05, 3.63) is 22.7 Å². The second-order valence-corrected chi connectivity index (χ2v) is 3.72. The number of aliphatic imine (C=N–C) groups is 1. The molecule has 1 aliphatic rings. The molecule has 0 N–H and O–H groups in total. The van der Waals surface area contributed by atoms with Crippen LogP contribution in [0.3, 0.4) is 0 Å². The summed E-state index contributed by atoms with van der Waals surface area (Å²) in [6.45, 7) is 1.35. The van der Waals surface area contributed by atoms with Crippen LogP contribution in [0.1, 0.15) is 12.0 Å². The first-order valence-electron chi connectivity index (χ1n) is 4.93. The SMILES string of the molecule is O=C=NCc1c(Cl)ccc2c1OCCCO2. The highest BCUT2D eigenvalue weighted by Gasteiger charge is 2.17. The van der Waals surface area contributed by atoms with E-state index in [9.17, 15) is 4.79 Å². The van der Waals surface area contributed by atoms with E-state index in [4.69, 9.17) is 21.1 Å². The molecule has 4 nitrogen and oxygen atoms in total. The molecule has 0 aliphatic carbocycles. The van der Waals surface area contributed by atoms with Gasteiger partial charge in [-0.3, -0.25) is 0 Å². The van der Waals surface area contributed by atoms with Crippen LogP contribution in [0.5, 0.6) is 11.5 Å². The van der Waals surface area contributed by atoms with Gasteiger partial charge in [0.2, 0.25) is 6.08 Å². The first-order chi connectivity index (χ1) is 7.83. The van der Waals surface area contributed by atoms with Gasteiger partial charge in [0.25, 0.3) is 0 Å². The Morgan fingerprint density at radius 1 is 1.38 bits per heavy atom. The van der Waals surface area contributed by atoms with E-state index < -0.39 is 0 Å². The van der Waals surface area contributed by atoms with Crippen LogP contribution in [-0.4, -0.2) is 19.3 Å². The quantitative estimate of drug-likeness (QED) is 0.588. The summed E-state index contributed by atoms with van der Waals surface area (Å²) in [5, 5.41) is 0.517. The lowest BCUT2D eigenvalue weighted by Crippen LogP contribution is -1.98. The second kappa shape index (κ2) is 5.01. The minimum atomic E-state index is 0.162. The van der Waals surface area contributed by atoms with E-state index in [0.29, 0.717) is 35.3 Å². The van der Waals surface area contributed by atoms with E-state index in [0.717, 1.165) is 6.42 Å². The van der Waals surface area contributed by atoms with Crippen LogP contribution in [-0.2, 0) is 11.3 Å². The lowest BCUT2D eigenvalue weighted by molar-refractivity contribution is 0.296. The molecule has 0 bridgehead atoms. The fourth-order valence-electron chi connectivity index (χ4n) is 1.53. The lowest BCUT2D eigenvalue weighted by atomic mass is 10.2. The van der Waals surface area contributed by atoms with Crippen LogP contribution >= 0.6 is 11.6 Å². The molecular weight excluding hydrogens is 230 g/mol. The van der Waals surface area contributed by atoms with E-state index in [1.165, 1.54) is 6.08 Å². The largest absolute Gasteiger partial charge is 0.490 e. The van der Waals surface area contributed by atoms with Gasteiger partial charge in [-0.1, -0.05) is 11.6 Å². The van der Waals surface area contributed by atoms with Gasteiger partial charge in [0.15, 0.2) is 11.5 Å². The Kier molecular flexibility index (Phi) is 3.44. The summed E-state index contributed by atoms with van der Waals surface area (Å²) in [5.74, 6) is 1.24. The number of rotatable bonds is 2. The average molecular weight is 240 g/mol. The standard InChI is InChI=1S/C11H10ClNO3/c12-9-2-3-10-11(8(9)6-13-7-14)16-5-1-4-15-10/h2-3H,1,4-6H2. The summed E-state index contributed by atoms with van der Waals surface area (Å²) in [6.07, 6.45) is 2.31. The van der Waals surface area contributed by atoms with Gasteiger partial charge in [0.05, 0.1) is 19.8 Å². The van der Waals surface area contributed by atoms with Crippen molar-refractivity contribution in [3.63, 3.8) is 0 Å². The van der Waals surface area contributed by atoms with Crippen LogP contribution < -0.4 is 9.47 Å². The van der Waals surface area contributed by atoms with E-state index in [1.807, 2.05) is 0 Å². The fraction of sp³-hybridized carbons (Fsp3) is 0.364. The minimum Gasteiger partial charge on any atom is -0.490 e. The van der Waals surface area contributed by atoms with E-state index >= 15 is 0 Å². The Balaban J connectivity index is 2.43. The summed E-state index contributed by atoms with van der Waals surface area (Å²) in [4.78, 5) is 13.6. The molecule has 5 heteroatoms. The predicted molar refractivity (Wildman–Crippen MR) is 58.9 cm³/mol. The lowest BCUT2D eigenvalue weighted by Gasteiger charge is -2.12. The highest BCUT2D eigenvalue weighted by Crippen LogP contribution is 2.37. The Bertz CT molecular complexity index is 441. The van der Waals surface area contributed by atoms with Crippen LogP contribution in [0.4, 0.5) is 0 Å². The minimum absolute atomic E-state index is 0.162. The number of benzene rings is 1. The molecule has 0 fully saturated rings. The molecule has 0 spiro atoms. The molecule has 84 valence electrons. The Hall–Kier alpha value is -1.51. The summed E-state index contributed by atoms with van der Waals surface area (Å²) < 4.78 is 11.1. The van der Waals surface area contributed by atoms with Crippen LogP contribution in [0.25, 0.3) is 0 Å². The number of isocyanates is 1. The maximum Gasteiger partial charge on any atom is 0.235 e. The zero-order valence-electron chi connectivity index (χ0n) is 8.53. The fourth-order valence-corrected chi connectivity index (χ4v) is 1.74. The van der Waals surface area contributed by atoms with Crippen LogP contribution in [0, 0.1) is 0 Å². The molecule has 0 radical (unpaired) electrons. The first kappa shape index (κ1) is 11.0. The molecule has 0 saturated heterocycles. The maximum absolute atomic E-state index is 10.1. The molecule has 1 aromatic carbocycles. The Labute approximate surface area is 97.8 Å². The van der Waals surface area contributed by atoms with E-state index in [2.05, 4.69) is 4.99 Å². The van der Waals surface area contributed by atoms with Crippen molar-refractivity contribution in [2.75, 3.05) is 13.2 Å². The summed E-state index contributed by atoms with van der Waals surface area (Å²) in [5.41, 5.74) is 0.671. The molecule has 0 aromatic heterocycles. The third-order valence-corrected chi connectivity index (χ3v) is 2.62. The zero-order chi connectivity index (χ0) is 11.4. The summed E-state index contributed by atoms with van der Waals surface area (Å²) >= 11 is 6.02. The third-order valence-electron chi connectivity index (χ3n) is 2.26. The monoisotopic (exact) mass is 239 g/mol. The number of hydrogen-bond donors (Lipinski definition) is 0. The van der Waals surface area contributed by atoms with Crippen molar-refractivity contribution >= 4 is 17.7 Å². The highest BCUT2D eigenvalue weighted by atomic mass is 35.5. The summed E-state index contributed by atoms with van der Waals surface area (Å²) in [7, 11) is 0. The molecule has 2 rings (SSSR count). The number of nitrogens with zero attached hydrogens (tertiary/aromatic N) is 1. The van der Waals surface area contributed by atoms with Gasteiger partial charge in [0, 0.05) is 17.0 Å². The third kappa shape index (κ3) is 2.18. The number of carbonyl (C=O) groups excluding carboxylic acids is 1. The van der Waals surface area contributed by atoms with Crippen LogP contribution in [0.2, 0.25) is 5.02 Å². The number of hydrogen-bond acceptors (Lipinski definition) is 4. The van der Waals surface area contributed by atoms with Gasteiger partial charge in [-0.25, -0.2) is 9.79 Å². The van der Waals surface area contributed by atoms with Crippen molar-refractivity contribution in [2.45, 2.75) is 13.0 Å². The molecular formula is C11H10ClNO3. The van der Waals surface area contributed by atoms with Crippen molar-refractivity contribution in [2.24, 2.45) is 4.99 Å². The molecule has 1 aliphatic heterocycles. The second-order valence-electron chi connectivity index (χ2n) is 3.31. The highest BCUT2D eigenvalue weighted by molar-refractivity contribution is 6.31. The predicted octanol–water partition coefficient (Wildman–Crippen LogP) is 2.34. The van der Waals surface area contributed by atoms with Crippen molar-refractivity contribution in [1.82, 2.24) is 0 Å². The topological polar surface area (TPSA) is 47.9 Å². The number of fused-ring (bicyclic) bond motifs is 1. The van der Waals surface area contributed by atoms with Gasteiger partial charge >= 0.3 is 0 Å². The normalized spacial score (nSPS) is 13.8. The van der Waals surface area contributed by atoms with E-state index in [-0.39, 0.29) is 6.54 Å². The molecule has 1 aromatic rings. The van der Waals surface area contributed by atoms with Gasteiger partial charge in [0.1, 0.15) is 0 Å². The molecule has 0 saturated carbocycles. The first-order valence-corrected chi connectivity index (χ1v) is 5.31. The molecule has 1 heterocycles. The van der Waals surface area contributed by atoms with E-state index in [1.54, 1.807) is 12.1 Å².